The molecule has 2 atom stereocenters. The van der Waals surface area contributed by atoms with Gasteiger partial charge in [-0.25, -0.2) is 14.4 Å². The normalized spacial score (nSPS) is 30.3. The Labute approximate surface area is 158 Å². The van der Waals surface area contributed by atoms with Crippen LogP contribution in [0.2, 0.25) is 0 Å². The molecule has 0 radical (unpaired) electrons. The quantitative estimate of drug-likeness (QED) is 0.765. The Kier molecular flexibility index (Phi) is 3.63. The highest BCUT2D eigenvalue weighted by Gasteiger charge is 2.58. The fourth-order valence-electron chi connectivity index (χ4n) is 4.68. The minimum absolute atomic E-state index is 0.0972. The number of pyridine rings is 1. The molecule has 150 valence electrons. The lowest BCUT2D eigenvalue weighted by molar-refractivity contribution is -0.137. The number of fused-ring (bicyclic) bond motifs is 1. The number of alkyl halides is 4. The summed E-state index contributed by atoms with van der Waals surface area (Å²) in [7, 11) is 0. The van der Waals surface area contributed by atoms with Gasteiger partial charge in [0.2, 0.25) is 0 Å². The molecule has 28 heavy (non-hydrogen) atoms. The number of nitrogen functional groups attached to an aromatic ring is 1. The van der Waals surface area contributed by atoms with Crippen LogP contribution in [0, 0.1) is 11.8 Å². The molecule has 4 saturated carbocycles. The fraction of sp³-hybridized carbons (Fsp3) is 0.579. The molecule has 6 rings (SSSR count). The summed E-state index contributed by atoms with van der Waals surface area (Å²) in [5.74, 6) is 0.0847. The van der Waals surface area contributed by atoms with E-state index >= 15 is 0 Å². The molecule has 5 nitrogen and oxygen atoms in total. The minimum atomic E-state index is -4.63. The predicted octanol–water partition coefficient (Wildman–Crippen LogP) is 4.05. The van der Waals surface area contributed by atoms with Gasteiger partial charge in [-0.3, -0.25) is 0 Å². The Balaban J connectivity index is 1.57. The summed E-state index contributed by atoms with van der Waals surface area (Å²) in [6.45, 7) is 0. The maximum atomic E-state index is 14.4. The van der Waals surface area contributed by atoms with E-state index in [9.17, 15) is 22.7 Å². The van der Waals surface area contributed by atoms with Gasteiger partial charge in [-0.2, -0.15) is 13.2 Å². The van der Waals surface area contributed by atoms with Gasteiger partial charge in [-0.1, -0.05) is 0 Å². The third kappa shape index (κ3) is 2.78. The van der Waals surface area contributed by atoms with E-state index in [2.05, 4.69) is 9.97 Å². The zero-order valence-electron chi connectivity index (χ0n) is 15.0. The van der Waals surface area contributed by atoms with Gasteiger partial charge < -0.3 is 15.4 Å². The predicted molar refractivity (Wildman–Crippen MR) is 92.8 cm³/mol. The van der Waals surface area contributed by atoms with Crippen molar-refractivity contribution in [1.29, 1.82) is 0 Å². The number of nitrogens with zero attached hydrogens (tertiary/aromatic N) is 3. The Hall–Kier alpha value is -2.16. The number of hydrogen-bond acceptors (Lipinski definition) is 4. The van der Waals surface area contributed by atoms with Crippen molar-refractivity contribution >= 4 is 5.82 Å². The molecule has 2 bridgehead atoms. The zero-order valence-corrected chi connectivity index (χ0v) is 15.0. The standard InChI is InChI=1S/C19H20F4N4O/c20-18-4-11(5-18)14(6-18)27-8-13(26-17(27)15(28)9-1-2-9)10-3-12(19(21,22)23)16(24)25-7-10/h3,7-9,11,14-15,28H,1-2,4-6H2,(H2,24,25). The molecule has 4 fully saturated rings. The molecular formula is C19H20F4N4O. The molecule has 0 amide bonds. The van der Waals surface area contributed by atoms with Crippen LogP contribution in [-0.2, 0) is 6.18 Å². The maximum absolute atomic E-state index is 14.4. The van der Waals surface area contributed by atoms with E-state index in [1.807, 2.05) is 0 Å². The molecular weight excluding hydrogens is 376 g/mol. The van der Waals surface area contributed by atoms with Crippen LogP contribution in [0.15, 0.2) is 18.5 Å². The summed E-state index contributed by atoms with van der Waals surface area (Å²) >= 11 is 0. The van der Waals surface area contributed by atoms with Crippen molar-refractivity contribution in [2.45, 2.75) is 56.1 Å². The second-order valence-corrected chi connectivity index (χ2v) is 8.42. The molecule has 0 aliphatic heterocycles. The van der Waals surface area contributed by atoms with Crippen molar-refractivity contribution in [3.63, 3.8) is 0 Å². The van der Waals surface area contributed by atoms with Crippen LogP contribution >= 0.6 is 0 Å². The van der Waals surface area contributed by atoms with Gasteiger partial charge in [0.15, 0.2) is 0 Å². The van der Waals surface area contributed by atoms with Crippen molar-refractivity contribution in [3.8, 4) is 11.3 Å². The number of halogens is 4. The Morgan fingerprint density at radius 2 is 1.96 bits per heavy atom. The topological polar surface area (TPSA) is 77.0 Å². The summed E-state index contributed by atoms with van der Waals surface area (Å²) in [6.07, 6.45) is 0.547. The third-order valence-corrected chi connectivity index (χ3v) is 6.35. The van der Waals surface area contributed by atoms with Gasteiger partial charge in [0.05, 0.1) is 11.3 Å². The lowest BCUT2D eigenvalue weighted by Crippen LogP contribution is -2.30. The van der Waals surface area contributed by atoms with Gasteiger partial charge in [0, 0.05) is 30.4 Å². The summed E-state index contributed by atoms with van der Waals surface area (Å²) in [4.78, 5) is 8.13. The summed E-state index contributed by atoms with van der Waals surface area (Å²) in [5, 5.41) is 10.7. The van der Waals surface area contributed by atoms with Crippen molar-refractivity contribution in [2.75, 3.05) is 5.73 Å². The molecule has 2 heterocycles. The zero-order chi connectivity index (χ0) is 19.8. The van der Waals surface area contributed by atoms with Crippen molar-refractivity contribution in [1.82, 2.24) is 14.5 Å². The van der Waals surface area contributed by atoms with E-state index in [4.69, 9.17) is 5.73 Å². The maximum Gasteiger partial charge on any atom is 0.419 e. The van der Waals surface area contributed by atoms with Gasteiger partial charge in [-0.05, 0) is 43.6 Å². The highest BCUT2D eigenvalue weighted by atomic mass is 19.4. The number of hydrogen-bond donors (Lipinski definition) is 2. The molecule has 4 aliphatic rings. The number of imidazole rings is 1. The smallest absolute Gasteiger partial charge is 0.385 e. The van der Waals surface area contributed by atoms with Crippen LogP contribution in [0.3, 0.4) is 0 Å². The van der Waals surface area contributed by atoms with Gasteiger partial charge in [0.1, 0.15) is 23.4 Å². The summed E-state index contributed by atoms with van der Waals surface area (Å²) < 4.78 is 55.8. The van der Waals surface area contributed by atoms with Crippen LogP contribution < -0.4 is 5.73 Å². The van der Waals surface area contributed by atoms with Gasteiger partial charge in [-0.15, -0.1) is 0 Å². The SMILES string of the molecule is Nc1ncc(-c2cn(C3CC4(F)CC3C4)c(C(O)C3CC3)n2)cc1C(F)(F)F. The average molecular weight is 396 g/mol. The molecule has 0 spiro atoms. The lowest BCUT2D eigenvalue weighted by Gasteiger charge is -2.30. The fourth-order valence-corrected chi connectivity index (χ4v) is 4.68. The van der Waals surface area contributed by atoms with Crippen LogP contribution in [0.25, 0.3) is 11.3 Å². The van der Waals surface area contributed by atoms with E-state index in [1.165, 1.54) is 6.20 Å². The van der Waals surface area contributed by atoms with Crippen LogP contribution in [-0.4, -0.2) is 25.3 Å². The molecule has 4 aliphatic carbocycles. The van der Waals surface area contributed by atoms with Crippen molar-refractivity contribution in [2.24, 2.45) is 11.8 Å². The molecule has 9 heteroatoms. The Bertz CT molecular complexity index is 931. The Morgan fingerprint density at radius 3 is 2.54 bits per heavy atom. The third-order valence-electron chi connectivity index (χ3n) is 6.35. The van der Waals surface area contributed by atoms with E-state index in [0.717, 1.165) is 18.9 Å². The highest BCUT2D eigenvalue weighted by molar-refractivity contribution is 5.62. The molecule has 2 aromatic rings. The monoisotopic (exact) mass is 396 g/mol. The Morgan fingerprint density at radius 1 is 1.25 bits per heavy atom. The first kappa shape index (κ1) is 17.9. The minimum Gasteiger partial charge on any atom is -0.385 e. The van der Waals surface area contributed by atoms with E-state index in [-0.39, 0.29) is 29.1 Å². The molecule has 2 unspecified atom stereocenters. The first-order chi connectivity index (χ1) is 13.1. The molecule has 3 N–H and O–H groups in total. The number of rotatable bonds is 4. The van der Waals surface area contributed by atoms with Crippen molar-refractivity contribution in [3.05, 3.63) is 29.8 Å². The van der Waals surface area contributed by atoms with Crippen LogP contribution in [0.5, 0.6) is 0 Å². The summed E-state index contributed by atoms with van der Waals surface area (Å²) in [6, 6.07) is 0.798. The number of aromatic nitrogens is 3. The average Bonchev–Trinajstić information content (AvgIpc) is 3.15. The largest absolute Gasteiger partial charge is 0.419 e. The summed E-state index contributed by atoms with van der Waals surface area (Å²) in [5.41, 5.74) is 3.66. The highest BCUT2D eigenvalue weighted by Crippen LogP contribution is 2.60. The number of aliphatic hydroxyl groups is 1. The van der Waals surface area contributed by atoms with E-state index < -0.39 is 29.3 Å². The van der Waals surface area contributed by atoms with Gasteiger partial charge in [0.25, 0.3) is 0 Å². The number of nitrogens with two attached hydrogens (primary N) is 1. The van der Waals surface area contributed by atoms with Crippen LogP contribution in [0.4, 0.5) is 23.4 Å². The first-order valence-corrected chi connectivity index (χ1v) is 9.43. The second kappa shape index (κ2) is 5.68. The van der Waals surface area contributed by atoms with E-state index in [1.54, 1.807) is 10.8 Å². The first-order valence-electron chi connectivity index (χ1n) is 9.43. The molecule has 0 saturated heterocycles. The number of anilines is 1. The van der Waals surface area contributed by atoms with Crippen LogP contribution in [0.1, 0.15) is 55.6 Å². The van der Waals surface area contributed by atoms with Gasteiger partial charge >= 0.3 is 6.18 Å². The second-order valence-electron chi connectivity index (χ2n) is 8.42. The number of aliphatic hydroxyl groups excluding tert-OH is 1. The lowest BCUT2D eigenvalue weighted by atomic mass is 9.81. The van der Waals surface area contributed by atoms with E-state index in [0.29, 0.717) is 25.1 Å². The molecule has 2 aromatic heterocycles. The van der Waals surface area contributed by atoms with Crippen molar-refractivity contribution < 1.29 is 22.7 Å². The molecule has 0 aromatic carbocycles.